The molecule has 1 rings (SSSR count). The Hall–Kier alpha value is -5.23. The van der Waals surface area contributed by atoms with Crippen LogP contribution in [0.3, 0.4) is 0 Å². The second-order valence-electron chi connectivity index (χ2n) is 17.1. The number of Topliss-reactive ketones (excluding diaryl/α,β-unsaturated/α-hetero) is 4. The lowest BCUT2D eigenvalue weighted by atomic mass is 9.78. The van der Waals surface area contributed by atoms with Gasteiger partial charge in [0.1, 0.15) is 19.0 Å². The summed E-state index contributed by atoms with van der Waals surface area (Å²) in [5.74, 6) is -11.4. The van der Waals surface area contributed by atoms with Gasteiger partial charge in [-0.25, -0.2) is 0 Å². The molecule has 1 saturated carbocycles. The summed E-state index contributed by atoms with van der Waals surface area (Å²) < 4.78 is 21.3. The standard InChI is InChI=1S/C46H74N4O19/c1-47-27-30-7-9-31(10-8-30)38(53)26-33(46(64)65)11-15-40(55)49-36(14-18-44(61)62)39(54)25-32(12-16-42(57)58)45(63)50-35(13-17-43(59)60)37(52)6-4-20-67-21-23-68-28-34(51)5-3-19-66-22-24-69-29-41(56)48-2/h30-33,35-36,47H,3-29H2,1-2H3,(H,48,56)(H,49,55)(H,50,63)(H,57,58)(H,59,60)(H,61,62)(H,64,65)/t30?,31?,32-,33?,35+,36+/m1/s1. The van der Waals surface area contributed by atoms with Gasteiger partial charge < -0.3 is 60.6 Å². The first kappa shape index (κ1) is 61.8. The maximum Gasteiger partial charge on any atom is 0.306 e. The lowest BCUT2D eigenvalue weighted by molar-refractivity contribution is -0.145. The van der Waals surface area contributed by atoms with E-state index in [-0.39, 0.29) is 108 Å². The van der Waals surface area contributed by atoms with Gasteiger partial charge in [-0.2, -0.15) is 0 Å². The molecule has 392 valence electrons. The van der Waals surface area contributed by atoms with E-state index < -0.39 is 116 Å². The Morgan fingerprint density at radius 3 is 1.59 bits per heavy atom. The summed E-state index contributed by atoms with van der Waals surface area (Å²) in [5.41, 5.74) is 0. The minimum absolute atomic E-state index is 0.0678. The first-order chi connectivity index (χ1) is 32.9. The van der Waals surface area contributed by atoms with E-state index in [1.807, 2.05) is 7.05 Å². The van der Waals surface area contributed by atoms with Crippen LogP contribution in [0.5, 0.6) is 0 Å². The minimum atomic E-state index is -1.48. The number of aliphatic carboxylic acids is 4. The molecule has 4 atom stereocenters. The zero-order valence-corrected chi connectivity index (χ0v) is 40.0. The molecule has 1 aliphatic rings. The number of amides is 3. The average molecular weight is 987 g/mol. The van der Waals surface area contributed by atoms with E-state index in [1.54, 1.807) is 0 Å². The number of likely N-dealkylation sites (N-methyl/N-ethyl adjacent to an activating group) is 1. The molecule has 0 aliphatic heterocycles. The quantitative estimate of drug-likeness (QED) is 0.0397. The van der Waals surface area contributed by atoms with Crippen molar-refractivity contribution in [2.45, 2.75) is 128 Å². The molecule has 69 heavy (non-hydrogen) atoms. The zero-order chi connectivity index (χ0) is 51.6. The Bertz CT molecular complexity index is 1670. The van der Waals surface area contributed by atoms with E-state index in [0.717, 1.165) is 19.4 Å². The van der Waals surface area contributed by atoms with Gasteiger partial charge in [-0.1, -0.05) is 0 Å². The molecule has 0 aromatic rings. The van der Waals surface area contributed by atoms with Crippen LogP contribution in [0.4, 0.5) is 0 Å². The highest BCUT2D eigenvalue weighted by atomic mass is 16.5. The number of carbonyl (C=O) groups excluding carboxylic acids is 7. The summed E-state index contributed by atoms with van der Waals surface area (Å²) in [6, 6.07) is -2.82. The molecule has 23 heteroatoms. The molecule has 0 aromatic heterocycles. The van der Waals surface area contributed by atoms with Crippen LogP contribution < -0.4 is 21.3 Å². The summed E-state index contributed by atoms with van der Waals surface area (Å²) in [7, 11) is 3.35. The fraction of sp³-hybridized carbons (Fsp3) is 0.761. The van der Waals surface area contributed by atoms with Crippen LogP contribution in [0, 0.1) is 23.7 Å². The van der Waals surface area contributed by atoms with Crippen molar-refractivity contribution in [3.63, 3.8) is 0 Å². The highest BCUT2D eigenvalue weighted by Gasteiger charge is 2.33. The minimum Gasteiger partial charge on any atom is -0.481 e. The number of hydrogen-bond donors (Lipinski definition) is 8. The fourth-order valence-electron chi connectivity index (χ4n) is 7.56. The largest absolute Gasteiger partial charge is 0.481 e. The molecular weight excluding hydrogens is 913 g/mol. The monoisotopic (exact) mass is 986 g/mol. The summed E-state index contributed by atoms with van der Waals surface area (Å²) >= 11 is 0. The van der Waals surface area contributed by atoms with E-state index in [2.05, 4.69) is 21.3 Å². The number of nitrogens with one attached hydrogen (secondary N) is 4. The number of carboxylic acid groups (broad SMARTS) is 4. The summed E-state index contributed by atoms with van der Waals surface area (Å²) in [5, 5.41) is 48.3. The Labute approximate surface area is 402 Å². The van der Waals surface area contributed by atoms with Gasteiger partial charge in [0.05, 0.1) is 44.4 Å². The summed E-state index contributed by atoms with van der Waals surface area (Å²) in [6.45, 7) is 1.69. The predicted octanol–water partition coefficient (Wildman–Crippen LogP) is 1.10. The normalized spacial score (nSPS) is 16.3. The molecule has 1 aliphatic carbocycles. The van der Waals surface area contributed by atoms with Gasteiger partial charge in [0.2, 0.25) is 17.7 Å². The van der Waals surface area contributed by atoms with Crippen molar-refractivity contribution in [1.82, 2.24) is 21.3 Å². The third-order valence-corrected chi connectivity index (χ3v) is 11.5. The molecule has 0 saturated heterocycles. The second-order valence-corrected chi connectivity index (χ2v) is 17.1. The lowest BCUT2D eigenvalue weighted by Crippen LogP contribution is -2.46. The fourth-order valence-corrected chi connectivity index (χ4v) is 7.56. The highest BCUT2D eigenvalue weighted by Crippen LogP contribution is 2.31. The van der Waals surface area contributed by atoms with Crippen molar-refractivity contribution in [2.75, 3.05) is 73.5 Å². The number of ketones is 4. The van der Waals surface area contributed by atoms with Crippen LogP contribution in [0.25, 0.3) is 0 Å². The Kier molecular flexibility index (Phi) is 32.9. The summed E-state index contributed by atoms with van der Waals surface area (Å²) in [4.78, 5) is 136. The van der Waals surface area contributed by atoms with Crippen LogP contribution in [-0.2, 0) is 71.7 Å². The zero-order valence-electron chi connectivity index (χ0n) is 40.0. The third kappa shape index (κ3) is 30.1. The van der Waals surface area contributed by atoms with Gasteiger partial charge in [0.25, 0.3) is 0 Å². The van der Waals surface area contributed by atoms with E-state index >= 15 is 0 Å². The Morgan fingerprint density at radius 1 is 0.522 bits per heavy atom. The molecule has 0 aromatic carbocycles. The molecule has 23 nitrogen and oxygen atoms in total. The maximum absolute atomic E-state index is 13.7. The van der Waals surface area contributed by atoms with Crippen LogP contribution in [-0.4, -0.2) is 171 Å². The highest BCUT2D eigenvalue weighted by molar-refractivity contribution is 5.95. The molecule has 1 unspecified atom stereocenters. The summed E-state index contributed by atoms with van der Waals surface area (Å²) in [6.07, 6.45) is -0.907. The second kappa shape index (κ2) is 36.7. The topological polar surface area (TPSA) is 354 Å². The third-order valence-electron chi connectivity index (χ3n) is 11.5. The van der Waals surface area contributed by atoms with Crippen molar-refractivity contribution in [1.29, 1.82) is 0 Å². The van der Waals surface area contributed by atoms with Crippen LogP contribution in [0.2, 0.25) is 0 Å². The van der Waals surface area contributed by atoms with E-state index in [0.29, 0.717) is 31.8 Å². The number of ether oxygens (including phenoxy) is 4. The molecule has 0 spiro atoms. The average Bonchev–Trinajstić information content (AvgIpc) is 3.30. The van der Waals surface area contributed by atoms with Crippen molar-refractivity contribution in [3.05, 3.63) is 0 Å². The van der Waals surface area contributed by atoms with E-state index in [9.17, 15) is 73.2 Å². The van der Waals surface area contributed by atoms with Crippen LogP contribution in [0.1, 0.15) is 116 Å². The number of carbonyl (C=O) groups is 11. The maximum atomic E-state index is 13.7. The molecular formula is C46H74N4O19. The van der Waals surface area contributed by atoms with Crippen LogP contribution in [0.15, 0.2) is 0 Å². The van der Waals surface area contributed by atoms with Crippen molar-refractivity contribution >= 4 is 64.7 Å². The van der Waals surface area contributed by atoms with Crippen molar-refractivity contribution in [3.8, 4) is 0 Å². The van der Waals surface area contributed by atoms with Gasteiger partial charge in [0.15, 0.2) is 17.3 Å². The Balaban J connectivity index is 2.76. The van der Waals surface area contributed by atoms with Gasteiger partial charge in [-0.3, -0.25) is 52.7 Å². The smallest absolute Gasteiger partial charge is 0.306 e. The van der Waals surface area contributed by atoms with Crippen molar-refractivity contribution in [2.24, 2.45) is 23.7 Å². The molecule has 0 heterocycles. The van der Waals surface area contributed by atoms with Gasteiger partial charge in [-0.15, -0.1) is 0 Å². The van der Waals surface area contributed by atoms with Gasteiger partial charge in [0, 0.05) is 83.5 Å². The number of hydrogen-bond acceptors (Lipinski definition) is 16. The number of rotatable bonds is 43. The van der Waals surface area contributed by atoms with E-state index in [1.165, 1.54) is 7.05 Å². The lowest BCUT2D eigenvalue weighted by Gasteiger charge is -2.28. The SMILES string of the molecule is CNCC1CCC(C(=O)CC(CCC(=O)N[C@@H](CCC(=O)O)C(=O)C[C@@H](CCC(=O)O)C(=O)N[C@@H](CCC(=O)O)C(=O)CCCOCCOCC(=O)CCCOCCOCC(=O)NC)C(=O)O)CC1. The van der Waals surface area contributed by atoms with Gasteiger partial charge >= 0.3 is 23.9 Å². The molecule has 3 amide bonds. The molecule has 1 fully saturated rings. The first-order valence-electron chi connectivity index (χ1n) is 23.6. The predicted molar refractivity (Wildman–Crippen MR) is 243 cm³/mol. The van der Waals surface area contributed by atoms with Crippen molar-refractivity contribution < 1.29 is 92.1 Å². The Morgan fingerprint density at radius 2 is 1.04 bits per heavy atom. The van der Waals surface area contributed by atoms with Crippen LogP contribution >= 0.6 is 0 Å². The van der Waals surface area contributed by atoms with E-state index in [4.69, 9.17) is 18.9 Å². The molecule has 8 N–H and O–H groups in total. The molecule has 0 radical (unpaired) electrons. The first-order valence-corrected chi connectivity index (χ1v) is 23.6. The number of carboxylic acids is 4. The van der Waals surface area contributed by atoms with Gasteiger partial charge in [-0.05, 0) is 83.7 Å². The molecule has 0 bridgehead atoms.